The lowest BCUT2D eigenvalue weighted by Gasteiger charge is -2.33. The van der Waals surface area contributed by atoms with Crippen LogP contribution in [0, 0.1) is 0 Å². The van der Waals surface area contributed by atoms with Gasteiger partial charge in [0.2, 0.25) is 5.91 Å². The molecule has 1 amide bonds. The van der Waals surface area contributed by atoms with Crippen LogP contribution in [0.4, 0.5) is 0 Å². The van der Waals surface area contributed by atoms with Gasteiger partial charge < -0.3 is 10.0 Å². The molecule has 1 aromatic rings. The molecule has 4 heteroatoms. The van der Waals surface area contributed by atoms with E-state index in [2.05, 4.69) is 0 Å². The van der Waals surface area contributed by atoms with Gasteiger partial charge in [0.15, 0.2) is 0 Å². The number of nitrogens with zero attached hydrogens (tertiary/aromatic N) is 1. The number of carboxylic acids is 1. The molecule has 0 bridgehead atoms. The molecule has 0 saturated carbocycles. The molecule has 1 atom stereocenters. The van der Waals surface area contributed by atoms with E-state index in [4.69, 9.17) is 5.11 Å². The first-order chi connectivity index (χ1) is 8.63. The first-order valence-corrected chi connectivity index (χ1v) is 6.22. The van der Waals surface area contributed by atoms with Crippen LogP contribution in [0.1, 0.15) is 30.4 Å². The van der Waals surface area contributed by atoms with E-state index in [1.54, 1.807) is 0 Å². The normalized spacial score (nSPS) is 16.6. The Balaban J connectivity index is 2.09. The van der Waals surface area contributed by atoms with Gasteiger partial charge in [-0.2, -0.15) is 0 Å². The fourth-order valence-corrected chi connectivity index (χ4v) is 2.40. The third kappa shape index (κ3) is 2.37. The summed E-state index contributed by atoms with van der Waals surface area (Å²) in [5, 5.41) is 8.83. The number of carbonyl (C=O) groups excluding carboxylic acids is 1. The van der Waals surface area contributed by atoms with E-state index in [1.165, 1.54) is 10.5 Å². The first-order valence-electron chi connectivity index (χ1n) is 6.22. The molecule has 4 nitrogen and oxygen atoms in total. The van der Waals surface area contributed by atoms with Crippen LogP contribution in [-0.2, 0) is 16.0 Å². The van der Waals surface area contributed by atoms with Crippen LogP contribution in [-0.4, -0.2) is 35.0 Å². The highest BCUT2D eigenvalue weighted by Crippen LogP contribution is 2.36. The zero-order valence-corrected chi connectivity index (χ0v) is 10.4. The van der Waals surface area contributed by atoms with Gasteiger partial charge in [-0.1, -0.05) is 31.2 Å². The van der Waals surface area contributed by atoms with Crippen molar-refractivity contribution in [2.24, 2.45) is 0 Å². The van der Waals surface area contributed by atoms with E-state index in [1.807, 2.05) is 31.2 Å². The molecule has 1 aliphatic rings. The maximum Gasteiger partial charge on any atom is 0.323 e. The molecular formula is C14H17NO3. The number of hydrogen-bond donors (Lipinski definition) is 1. The highest BCUT2D eigenvalue weighted by molar-refractivity contribution is 5.89. The molecule has 18 heavy (non-hydrogen) atoms. The topological polar surface area (TPSA) is 57.6 Å². The van der Waals surface area contributed by atoms with Crippen LogP contribution < -0.4 is 0 Å². The maximum absolute atomic E-state index is 12.3. The largest absolute Gasteiger partial charge is 0.480 e. The second kappa shape index (κ2) is 5.21. The lowest BCUT2D eigenvalue weighted by atomic mass is 9.77. The van der Waals surface area contributed by atoms with Crippen molar-refractivity contribution in [2.75, 3.05) is 13.1 Å². The second-order valence-electron chi connectivity index (χ2n) is 4.61. The third-order valence-corrected chi connectivity index (χ3v) is 3.28. The number of benzene rings is 1. The Labute approximate surface area is 106 Å². The van der Waals surface area contributed by atoms with Gasteiger partial charge in [-0.15, -0.1) is 0 Å². The van der Waals surface area contributed by atoms with Gasteiger partial charge in [0.1, 0.15) is 6.54 Å². The number of fused-ring (bicyclic) bond motifs is 1. The molecule has 0 fully saturated rings. The quantitative estimate of drug-likeness (QED) is 0.860. The molecule has 0 heterocycles. The summed E-state index contributed by atoms with van der Waals surface area (Å²) < 4.78 is 0. The molecule has 2 rings (SSSR count). The van der Waals surface area contributed by atoms with Crippen molar-refractivity contribution in [3.8, 4) is 0 Å². The zero-order chi connectivity index (χ0) is 13.1. The molecule has 1 aliphatic carbocycles. The SMILES string of the molecule is CCCN(CC(=O)O)C(=O)C1Cc2ccccc21. The summed E-state index contributed by atoms with van der Waals surface area (Å²) in [6.45, 7) is 2.24. The smallest absolute Gasteiger partial charge is 0.323 e. The summed E-state index contributed by atoms with van der Waals surface area (Å²) in [6, 6.07) is 7.84. The Kier molecular flexibility index (Phi) is 3.65. The standard InChI is InChI=1S/C14H17NO3/c1-2-7-15(9-13(16)17)14(18)12-8-10-5-3-4-6-11(10)12/h3-6,12H,2,7-9H2,1H3,(H,16,17). The number of carbonyl (C=O) groups is 2. The Hall–Kier alpha value is -1.84. The summed E-state index contributed by atoms with van der Waals surface area (Å²) in [7, 11) is 0. The van der Waals surface area contributed by atoms with Crippen molar-refractivity contribution >= 4 is 11.9 Å². The van der Waals surface area contributed by atoms with Crippen LogP contribution in [0.5, 0.6) is 0 Å². The molecule has 0 aromatic heterocycles. The van der Waals surface area contributed by atoms with Gasteiger partial charge in [-0.3, -0.25) is 9.59 Å². The lowest BCUT2D eigenvalue weighted by Crippen LogP contribution is -2.42. The van der Waals surface area contributed by atoms with Crippen LogP contribution in [0.2, 0.25) is 0 Å². The first kappa shape index (κ1) is 12.6. The van der Waals surface area contributed by atoms with Gasteiger partial charge in [0.05, 0.1) is 5.92 Å². The van der Waals surface area contributed by atoms with E-state index < -0.39 is 5.97 Å². The van der Waals surface area contributed by atoms with Gasteiger partial charge in [0.25, 0.3) is 0 Å². The van der Waals surface area contributed by atoms with E-state index >= 15 is 0 Å². The molecule has 1 N–H and O–H groups in total. The molecule has 0 saturated heterocycles. The van der Waals surface area contributed by atoms with E-state index in [0.717, 1.165) is 18.4 Å². The predicted octanol–water partition coefficient (Wildman–Crippen LogP) is 1.65. The number of hydrogen-bond acceptors (Lipinski definition) is 2. The van der Waals surface area contributed by atoms with E-state index in [0.29, 0.717) is 6.54 Å². The average Bonchev–Trinajstić information content (AvgIpc) is 2.29. The minimum atomic E-state index is -0.954. The Morgan fingerprint density at radius 2 is 2.11 bits per heavy atom. The monoisotopic (exact) mass is 247 g/mol. The molecule has 1 unspecified atom stereocenters. The minimum absolute atomic E-state index is 0.0575. The molecule has 1 aromatic carbocycles. The molecule has 96 valence electrons. The van der Waals surface area contributed by atoms with E-state index in [9.17, 15) is 9.59 Å². The maximum atomic E-state index is 12.3. The summed E-state index contributed by atoms with van der Waals surface area (Å²) >= 11 is 0. The van der Waals surface area contributed by atoms with Crippen molar-refractivity contribution in [3.05, 3.63) is 35.4 Å². The summed E-state index contributed by atoms with van der Waals surface area (Å²) in [4.78, 5) is 24.5. The molecule has 0 aliphatic heterocycles. The highest BCUT2D eigenvalue weighted by atomic mass is 16.4. The van der Waals surface area contributed by atoms with Crippen LogP contribution in [0.15, 0.2) is 24.3 Å². The minimum Gasteiger partial charge on any atom is -0.480 e. The lowest BCUT2D eigenvalue weighted by molar-refractivity contribution is -0.145. The van der Waals surface area contributed by atoms with Crippen molar-refractivity contribution in [3.63, 3.8) is 0 Å². The number of aliphatic carboxylic acids is 1. The van der Waals surface area contributed by atoms with E-state index in [-0.39, 0.29) is 18.4 Å². The number of carboxylic acid groups (broad SMARTS) is 1. The van der Waals surface area contributed by atoms with Crippen LogP contribution in [0.25, 0.3) is 0 Å². The van der Waals surface area contributed by atoms with Crippen molar-refractivity contribution < 1.29 is 14.7 Å². The summed E-state index contributed by atoms with van der Waals surface area (Å²) in [6.07, 6.45) is 1.50. The molecule has 0 radical (unpaired) electrons. The van der Waals surface area contributed by atoms with Crippen molar-refractivity contribution in [1.29, 1.82) is 0 Å². The fraction of sp³-hybridized carbons (Fsp3) is 0.429. The Morgan fingerprint density at radius 3 is 2.72 bits per heavy atom. The predicted molar refractivity (Wildman–Crippen MR) is 67.4 cm³/mol. The number of rotatable bonds is 5. The Morgan fingerprint density at radius 1 is 1.39 bits per heavy atom. The Bertz CT molecular complexity index is 470. The van der Waals surface area contributed by atoms with Gasteiger partial charge in [-0.05, 0) is 24.0 Å². The van der Waals surface area contributed by atoms with Crippen molar-refractivity contribution in [2.45, 2.75) is 25.7 Å². The average molecular weight is 247 g/mol. The summed E-state index contributed by atoms with van der Waals surface area (Å²) in [5.74, 6) is -1.16. The second-order valence-corrected chi connectivity index (χ2v) is 4.61. The highest BCUT2D eigenvalue weighted by Gasteiger charge is 2.34. The fourth-order valence-electron chi connectivity index (χ4n) is 2.40. The third-order valence-electron chi connectivity index (χ3n) is 3.28. The zero-order valence-electron chi connectivity index (χ0n) is 10.4. The molecule has 0 spiro atoms. The van der Waals surface area contributed by atoms with Gasteiger partial charge in [0, 0.05) is 6.54 Å². The van der Waals surface area contributed by atoms with Gasteiger partial charge in [-0.25, -0.2) is 0 Å². The van der Waals surface area contributed by atoms with Crippen LogP contribution in [0.3, 0.4) is 0 Å². The molecular weight excluding hydrogens is 230 g/mol. The summed E-state index contributed by atoms with van der Waals surface area (Å²) in [5.41, 5.74) is 2.25. The van der Waals surface area contributed by atoms with Crippen molar-refractivity contribution in [1.82, 2.24) is 4.90 Å². The number of amides is 1. The van der Waals surface area contributed by atoms with Gasteiger partial charge >= 0.3 is 5.97 Å². The van der Waals surface area contributed by atoms with Crippen LogP contribution >= 0.6 is 0 Å².